The molecule has 70 valence electrons. The number of carbonyl (C=O) groups excluding carboxylic acids is 1. The molecule has 0 saturated heterocycles. The highest BCUT2D eigenvalue weighted by Crippen LogP contribution is 2.13. The topological polar surface area (TPSA) is 17.1 Å². The van der Waals surface area contributed by atoms with Crippen molar-refractivity contribution < 1.29 is 4.79 Å². The van der Waals surface area contributed by atoms with Crippen molar-refractivity contribution in [2.75, 3.05) is 0 Å². The molecule has 0 radical (unpaired) electrons. The average Bonchev–Trinajstić information content (AvgIpc) is 1.98. The summed E-state index contributed by atoms with van der Waals surface area (Å²) in [6.07, 6.45) is 1.92. The number of ketones is 1. The lowest BCUT2D eigenvalue weighted by molar-refractivity contribution is -0.118. The van der Waals surface area contributed by atoms with E-state index in [4.69, 9.17) is 0 Å². The van der Waals surface area contributed by atoms with Gasteiger partial charge in [-0.25, -0.2) is 0 Å². The van der Waals surface area contributed by atoms with Crippen molar-refractivity contribution in [2.45, 2.75) is 40.5 Å². The molecule has 0 N–H and O–H groups in total. The molecule has 0 rings (SSSR count). The first-order valence-electron chi connectivity index (χ1n) is 4.67. The van der Waals surface area contributed by atoms with Crippen molar-refractivity contribution in [1.82, 2.24) is 0 Å². The van der Waals surface area contributed by atoms with Gasteiger partial charge in [-0.05, 0) is 24.3 Å². The summed E-state index contributed by atoms with van der Waals surface area (Å²) >= 11 is 0. The van der Waals surface area contributed by atoms with Crippen LogP contribution >= 0.6 is 0 Å². The largest absolute Gasteiger partial charge is 0.294 e. The summed E-state index contributed by atoms with van der Waals surface area (Å²) in [5.74, 6) is 0.974. The van der Waals surface area contributed by atoms with Crippen LogP contribution < -0.4 is 0 Å². The normalized spacial score (nSPS) is 10.8. The Morgan fingerprint density at radius 2 is 1.75 bits per heavy atom. The van der Waals surface area contributed by atoms with Crippen LogP contribution in [0.15, 0.2) is 12.2 Å². The smallest absolute Gasteiger partial charge is 0.160 e. The van der Waals surface area contributed by atoms with E-state index in [0.717, 1.165) is 18.4 Å². The average molecular weight is 168 g/mol. The van der Waals surface area contributed by atoms with Gasteiger partial charge in [0, 0.05) is 5.92 Å². The van der Waals surface area contributed by atoms with Crippen LogP contribution in [0.1, 0.15) is 40.5 Å². The highest BCUT2D eigenvalue weighted by molar-refractivity contribution is 5.95. The highest BCUT2D eigenvalue weighted by atomic mass is 16.1. The molecule has 0 saturated carbocycles. The Morgan fingerprint density at radius 3 is 2.08 bits per heavy atom. The van der Waals surface area contributed by atoms with E-state index in [1.807, 2.05) is 13.8 Å². The molecule has 12 heavy (non-hydrogen) atoms. The lowest BCUT2D eigenvalue weighted by atomic mass is 9.96. The molecule has 1 nitrogen and oxygen atoms in total. The van der Waals surface area contributed by atoms with Gasteiger partial charge in [0.25, 0.3) is 0 Å². The number of hydrogen-bond acceptors (Lipinski definition) is 1. The minimum Gasteiger partial charge on any atom is -0.294 e. The number of carbonyl (C=O) groups is 1. The lowest BCUT2D eigenvalue weighted by Gasteiger charge is -2.08. The van der Waals surface area contributed by atoms with Crippen LogP contribution in [0.5, 0.6) is 0 Å². The second-order valence-corrected chi connectivity index (χ2v) is 4.06. The van der Waals surface area contributed by atoms with Crippen LogP contribution in [0, 0.1) is 11.8 Å². The Bertz CT molecular complexity index is 166. The number of allylic oxidation sites excluding steroid dienone is 1. The van der Waals surface area contributed by atoms with Gasteiger partial charge in [-0.15, -0.1) is 0 Å². The fourth-order valence-electron chi connectivity index (χ4n) is 0.994. The zero-order valence-electron chi connectivity index (χ0n) is 8.68. The summed E-state index contributed by atoms with van der Waals surface area (Å²) in [4.78, 5) is 11.4. The zero-order chi connectivity index (χ0) is 9.72. The van der Waals surface area contributed by atoms with Gasteiger partial charge in [-0.3, -0.25) is 4.79 Å². The van der Waals surface area contributed by atoms with Crippen LogP contribution in [0.3, 0.4) is 0 Å². The van der Waals surface area contributed by atoms with E-state index in [9.17, 15) is 4.79 Å². The molecule has 0 fully saturated rings. The summed E-state index contributed by atoms with van der Waals surface area (Å²) in [5.41, 5.74) is 0.790. The van der Waals surface area contributed by atoms with Gasteiger partial charge < -0.3 is 0 Å². The molecule has 0 aliphatic heterocycles. The molecule has 0 amide bonds. The monoisotopic (exact) mass is 168 g/mol. The Kier molecular flexibility index (Phi) is 4.87. The van der Waals surface area contributed by atoms with E-state index in [1.54, 1.807) is 0 Å². The fraction of sp³-hybridized carbons (Fsp3) is 0.727. The van der Waals surface area contributed by atoms with Crippen LogP contribution in [-0.4, -0.2) is 5.78 Å². The molecule has 0 unspecified atom stereocenters. The molecule has 0 atom stereocenters. The van der Waals surface area contributed by atoms with Crippen molar-refractivity contribution in [1.29, 1.82) is 0 Å². The molecule has 0 spiro atoms. The van der Waals surface area contributed by atoms with Gasteiger partial charge in [0.1, 0.15) is 0 Å². The Labute approximate surface area is 75.9 Å². The van der Waals surface area contributed by atoms with Crippen molar-refractivity contribution in [3.63, 3.8) is 0 Å². The quantitative estimate of drug-likeness (QED) is 0.576. The maximum atomic E-state index is 11.4. The van der Waals surface area contributed by atoms with E-state index in [2.05, 4.69) is 20.4 Å². The molecule has 0 aliphatic carbocycles. The van der Waals surface area contributed by atoms with Crippen LogP contribution in [-0.2, 0) is 4.79 Å². The van der Waals surface area contributed by atoms with Gasteiger partial charge in [-0.1, -0.05) is 34.3 Å². The predicted octanol–water partition coefficient (Wildman–Crippen LogP) is 3.20. The van der Waals surface area contributed by atoms with E-state index >= 15 is 0 Å². The van der Waals surface area contributed by atoms with Gasteiger partial charge in [0.15, 0.2) is 5.78 Å². The minimum absolute atomic E-state index is 0.102. The maximum absolute atomic E-state index is 11.4. The molecule has 0 bridgehead atoms. The lowest BCUT2D eigenvalue weighted by Crippen LogP contribution is -2.09. The van der Waals surface area contributed by atoms with E-state index < -0.39 is 0 Å². The van der Waals surface area contributed by atoms with Gasteiger partial charge in [0.05, 0.1) is 0 Å². The van der Waals surface area contributed by atoms with Crippen LogP contribution in [0.25, 0.3) is 0 Å². The van der Waals surface area contributed by atoms with E-state index in [1.165, 1.54) is 0 Å². The zero-order valence-corrected chi connectivity index (χ0v) is 8.68. The standard InChI is InChI=1S/C11H20O/c1-8(2)6-7-10(5)11(12)9(3)4/h8-9H,5-7H2,1-4H3. The van der Waals surface area contributed by atoms with Gasteiger partial charge in [-0.2, -0.15) is 0 Å². The molecular weight excluding hydrogens is 148 g/mol. The molecule has 0 aromatic carbocycles. The van der Waals surface area contributed by atoms with Crippen molar-refractivity contribution in [2.24, 2.45) is 11.8 Å². The molecule has 0 aromatic heterocycles. The molecule has 0 heterocycles. The van der Waals surface area contributed by atoms with E-state index in [0.29, 0.717) is 5.92 Å². The second-order valence-electron chi connectivity index (χ2n) is 4.06. The first-order chi connectivity index (χ1) is 5.45. The third-order valence-electron chi connectivity index (χ3n) is 1.90. The summed E-state index contributed by atoms with van der Waals surface area (Å²) in [7, 11) is 0. The molecule has 1 heteroatoms. The Morgan fingerprint density at radius 1 is 1.25 bits per heavy atom. The minimum atomic E-state index is 0.102. The summed E-state index contributed by atoms with van der Waals surface area (Å²) < 4.78 is 0. The van der Waals surface area contributed by atoms with Crippen molar-refractivity contribution in [3.8, 4) is 0 Å². The van der Waals surface area contributed by atoms with Crippen molar-refractivity contribution in [3.05, 3.63) is 12.2 Å². The molecule has 0 aromatic rings. The summed E-state index contributed by atoms with van der Waals surface area (Å²) in [5, 5.41) is 0. The van der Waals surface area contributed by atoms with Gasteiger partial charge >= 0.3 is 0 Å². The maximum Gasteiger partial charge on any atom is 0.160 e. The van der Waals surface area contributed by atoms with E-state index in [-0.39, 0.29) is 11.7 Å². The number of Topliss-reactive ketones (excluding diaryl/α,β-unsaturated/α-hetero) is 1. The van der Waals surface area contributed by atoms with Crippen LogP contribution in [0.2, 0.25) is 0 Å². The second kappa shape index (κ2) is 5.13. The Hall–Kier alpha value is -0.590. The van der Waals surface area contributed by atoms with Gasteiger partial charge in [0.2, 0.25) is 0 Å². The van der Waals surface area contributed by atoms with Crippen molar-refractivity contribution >= 4 is 5.78 Å². The summed E-state index contributed by atoms with van der Waals surface area (Å²) in [6, 6.07) is 0. The first kappa shape index (κ1) is 11.4. The highest BCUT2D eigenvalue weighted by Gasteiger charge is 2.11. The fourth-order valence-corrected chi connectivity index (χ4v) is 0.994. The number of hydrogen-bond donors (Lipinski definition) is 0. The molecule has 0 aliphatic rings. The summed E-state index contributed by atoms with van der Waals surface area (Å²) in [6.45, 7) is 12.0. The third kappa shape index (κ3) is 4.32. The SMILES string of the molecule is C=C(CCC(C)C)C(=O)C(C)C. The van der Waals surface area contributed by atoms with Crippen LogP contribution in [0.4, 0.5) is 0 Å². The third-order valence-corrected chi connectivity index (χ3v) is 1.90. The first-order valence-corrected chi connectivity index (χ1v) is 4.67. The molecular formula is C11H20O. The predicted molar refractivity (Wildman–Crippen MR) is 53.1 cm³/mol. The Balaban J connectivity index is 3.81. The number of rotatable bonds is 5.